The van der Waals surface area contributed by atoms with Gasteiger partial charge in [0.2, 0.25) is 5.95 Å². The van der Waals surface area contributed by atoms with Gasteiger partial charge < -0.3 is 10.1 Å². The molecule has 1 aromatic carbocycles. The summed E-state index contributed by atoms with van der Waals surface area (Å²) in [5.74, 6) is 0.607. The van der Waals surface area contributed by atoms with E-state index in [2.05, 4.69) is 15.3 Å². The molecule has 0 saturated carbocycles. The molecule has 2 aromatic rings. The third-order valence-electron chi connectivity index (χ3n) is 3.69. The van der Waals surface area contributed by atoms with Crippen LogP contribution in [0.25, 0.3) is 0 Å². The normalized spacial score (nSPS) is 18.7. The zero-order valence-electron chi connectivity index (χ0n) is 12.9. The van der Waals surface area contributed by atoms with Crippen LogP contribution in [0.4, 0.5) is 21.0 Å². The quantitative estimate of drug-likeness (QED) is 0.938. The Kier molecular flexibility index (Phi) is 4.10. The molecule has 120 valence electrons. The zero-order chi connectivity index (χ0) is 16.4. The van der Waals surface area contributed by atoms with Gasteiger partial charge in [0.25, 0.3) is 0 Å². The molecule has 1 aliphatic heterocycles. The minimum atomic E-state index is -0.409. The van der Waals surface area contributed by atoms with Crippen LogP contribution in [-0.2, 0) is 4.74 Å². The highest BCUT2D eigenvalue weighted by molar-refractivity contribution is 5.89. The van der Waals surface area contributed by atoms with E-state index < -0.39 is 6.09 Å². The number of nitrogens with zero attached hydrogens (tertiary/aromatic N) is 3. The Morgan fingerprint density at radius 1 is 1.35 bits per heavy atom. The van der Waals surface area contributed by atoms with Gasteiger partial charge in [-0.25, -0.2) is 14.2 Å². The van der Waals surface area contributed by atoms with Crippen LogP contribution in [0.2, 0.25) is 0 Å². The molecule has 2 heterocycles. The number of rotatable bonds is 4. The Bertz CT molecular complexity index is 707. The first kappa shape index (κ1) is 15.2. The summed E-state index contributed by atoms with van der Waals surface area (Å²) in [6.07, 6.45) is 1.18. The number of carbonyl (C=O) groups is 1. The number of cyclic esters (lactones) is 1. The lowest BCUT2D eigenvalue weighted by molar-refractivity contribution is 0.179. The van der Waals surface area contributed by atoms with Crippen molar-refractivity contribution in [1.82, 2.24) is 9.97 Å². The van der Waals surface area contributed by atoms with Crippen molar-refractivity contribution in [2.24, 2.45) is 0 Å². The Labute approximate surface area is 133 Å². The van der Waals surface area contributed by atoms with Crippen LogP contribution in [-0.4, -0.2) is 28.7 Å². The average molecular weight is 316 g/mol. The lowest BCUT2D eigenvalue weighted by Crippen LogP contribution is -2.31. The van der Waals surface area contributed by atoms with Crippen molar-refractivity contribution in [2.75, 3.05) is 16.8 Å². The molecule has 0 radical (unpaired) electrons. The lowest BCUT2D eigenvalue weighted by atomic mass is 10.1. The maximum Gasteiger partial charge on any atom is 0.415 e. The third kappa shape index (κ3) is 3.23. The number of carbonyl (C=O) groups excluding carboxylic acids is 1. The standard InChI is InChI=1S/C16H17FN4O2/c1-10-9-23-16(22)21(10)14-7-8-18-15(20-14)19-11(2)12-3-5-13(17)6-4-12/h3-8,10-11H,9H2,1-2H3,(H,18,19,20). The highest BCUT2D eigenvalue weighted by atomic mass is 19.1. The molecule has 0 aliphatic carbocycles. The number of amides is 1. The van der Waals surface area contributed by atoms with E-state index in [1.54, 1.807) is 24.4 Å². The molecule has 1 N–H and O–H groups in total. The van der Waals surface area contributed by atoms with Crippen molar-refractivity contribution >= 4 is 17.9 Å². The summed E-state index contributed by atoms with van der Waals surface area (Å²) >= 11 is 0. The monoisotopic (exact) mass is 316 g/mol. The van der Waals surface area contributed by atoms with Crippen molar-refractivity contribution in [3.8, 4) is 0 Å². The molecule has 1 saturated heterocycles. The molecule has 1 aliphatic rings. The van der Waals surface area contributed by atoms with Gasteiger partial charge in [-0.1, -0.05) is 12.1 Å². The minimum absolute atomic E-state index is 0.0697. The summed E-state index contributed by atoms with van der Waals surface area (Å²) in [6, 6.07) is 7.72. The molecule has 1 fully saturated rings. The van der Waals surface area contributed by atoms with Gasteiger partial charge >= 0.3 is 6.09 Å². The van der Waals surface area contributed by atoms with Crippen LogP contribution in [0, 0.1) is 5.82 Å². The molecular formula is C16H17FN4O2. The summed E-state index contributed by atoms with van der Waals surface area (Å²) in [5.41, 5.74) is 0.911. The van der Waals surface area contributed by atoms with E-state index in [0.29, 0.717) is 18.4 Å². The fraction of sp³-hybridized carbons (Fsp3) is 0.312. The van der Waals surface area contributed by atoms with E-state index in [0.717, 1.165) is 5.56 Å². The first-order valence-corrected chi connectivity index (χ1v) is 7.35. The van der Waals surface area contributed by atoms with Gasteiger partial charge in [0.15, 0.2) is 0 Å². The third-order valence-corrected chi connectivity index (χ3v) is 3.69. The molecule has 2 atom stereocenters. The molecule has 1 aromatic heterocycles. The van der Waals surface area contributed by atoms with Crippen LogP contribution in [0.5, 0.6) is 0 Å². The number of aromatic nitrogens is 2. The first-order chi connectivity index (χ1) is 11.0. The topological polar surface area (TPSA) is 67.4 Å². The molecule has 6 nitrogen and oxygen atoms in total. The van der Waals surface area contributed by atoms with E-state index in [4.69, 9.17) is 4.74 Å². The Hall–Kier alpha value is -2.70. The maximum atomic E-state index is 13.0. The van der Waals surface area contributed by atoms with E-state index >= 15 is 0 Å². The number of anilines is 2. The summed E-state index contributed by atoms with van der Waals surface area (Å²) in [6.45, 7) is 4.16. The predicted molar refractivity (Wildman–Crippen MR) is 83.8 cm³/mol. The van der Waals surface area contributed by atoms with Crippen LogP contribution >= 0.6 is 0 Å². The van der Waals surface area contributed by atoms with Gasteiger partial charge in [0.05, 0.1) is 12.1 Å². The van der Waals surface area contributed by atoms with Gasteiger partial charge in [-0.15, -0.1) is 0 Å². The van der Waals surface area contributed by atoms with Crippen molar-refractivity contribution in [3.63, 3.8) is 0 Å². The highest BCUT2D eigenvalue weighted by Crippen LogP contribution is 2.23. The summed E-state index contributed by atoms with van der Waals surface area (Å²) in [7, 11) is 0. The molecule has 3 rings (SSSR count). The van der Waals surface area contributed by atoms with Crippen molar-refractivity contribution in [1.29, 1.82) is 0 Å². The summed E-state index contributed by atoms with van der Waals surface area (Å²) in [4.78, 5) is 21.8. The zero-order valence-corrected chi connectivity index (χ0v) is 12.9. The second-order valence-corrected chi connectivity index (χ2v) is 5.45. The van der Waals surface area contributed by atoms with Crippen LogP contribution < -0.4 is 10.2 Å². The van der Waals surface area contributed by atoms with Gasteiger partial charge in [-0.2, -0.15) is 4.98 Å². The van der Waals surface area contributed by atoms with E-state index in [9.17, 15) is 9.18 Å². The lowest BCUT2D eigenvalue weighted by Gasteiger charge is -2.19. The molecule has 23 heavy (non-hydrogen) atoms. The fourth-order valence-corrected chi connectivity index (χ4v) is 2.42. The molecular weight excluding hydrogens is 299 g/mol. The van der Waals surface area contributed by atoms with E-state index in [1.807, 2.05) is 13.8 Å². The van der Waals surface area contributed by atoms with E-state index in [1.165, 1.54) is 17.0 Å². The van der Waals surface area contributed by atoms with Crippen LogP contribution in [0.15, 0.2) is 36.5 Å². The van der Waals surface area contributed by atoms with Crippen LogP contribution in [0.3, 0.4) is 0 Å². The fourth-order valence-electron chi connectivity index (χ4n) is 2.42. The number of nitrogens with one attached hydrogen (secondary N) is 1. The molecule has 0 spiro atoms. The Balaban J connectivity index is 1.77. The summed E-state index contributed by atoms with van der Waals surface area (Å²) < 4.78 is 18.0. The van der Waals surface area contributed by atoms with Crippen LogP contribution in [0.1, 0.15) is 25.5 Å². The largest absolute Gasteiger partial charge is 0.447 e. The maximum absolute atomic E-state index is 13.0. The first-order valence-electron chi connectivity index (χ1n) is 7.35. The summed E-state index contributed by atoms with van der Waals surface area (Å²) in [5, 5.41) is 3.15. The average Bonchev–Trinajstić information content (AvgIpc) is 2.87. The molecule has 1 amide bonds. The molecule has 7 heteroatoms. The second kappa shape index (κ2) is 6.20. The Morgan fingerprint density at radius 3 is 2.74 bits per heavy atom. The highest BCUT2D eigenvalue weighted by Gasteiger charge is 2.32. The van der Waals surface area contributed by atoms with Gasteiger partial charge in [0.1, 0.15) is 18.2 Å². The minimum Gasteiger partial charge on any atom is -0.447 e. The Morgan fingerprint density at radius 2 is 2.09 bits per heavy atom. The van der Waals surface area contributed by atoms with Gasteiger partial charge in [-0.3, -0.25) is 4.90 Å². The SMILES string of the molecule is CC(Nc1nccc(N2C(=O)OCC2C)n1)c1ccc(F)cc1. The predicted octanol–water partition coefficient (Wildman–Crippen LogP) is 3.13. The smallest absolute Gasteiger partial charge is 0.415 e. The number of benzene rings is 1. The number of halogens is 1. The van der Waals surface area contributed by atoms with Crippen molar-refractivity contribution in [3.05, 3.63) is 47.9 Å². The molecule has 2 unspecified atom stereocenters. The second-order valence-electron chi connectivity index (χ2n) is 5.45. The number of ether oxygens (including phenoxy) is 1. The van der Waals surface area contributed by atoms with Gasteiger partial charge in [0, 0.05) is 6.20 Å². The van der Waals surface area contributed by atoms with E-state index in [-0.39, 0.29) is 17.9 Å². The number of hydrogen-bond donors (Lipinski definition) is 1. The van der Waals surface area contributed by atoms with Crippen molar-refractivity contribution < 1.29 is 13.9 Å². The number of hydrogen-bond acceptors (Lipinski definition) is 5. The van der Waals surface area contributed by atoms with Gasteiger partial charge in [-0.05, 0) is 37.6 Å². The van der Waals surface area contributed by atoms with Crippen molar-refractivity contribution in [2.45, 2.75) is 25.9 Å². The molecule has 0 bridgehead atoms.